The fraction of sp³-hybridized carbons (Fsp3) is 0.654. The highest BCUT2D eigenvalue weighted by Gasteiger charge is 2.53. The van der Waals surface area contributed by atoms with Crippen LogP contribution in [0.5, 0.6) is 0 Å². The van der Waals surface area contributed by atoms with Gasteiger partial charge in [0.05, 0.1) is 43.2 Å². The first-order valence-corrected chi connectivity index (χ1v) is 24.9. The number of benzene rings is 2. The van der Waals surface area contributed by atoms with E-state index in [-0.39, 0.29) is 66.2 Å². The van der Waals surface area contributed by atoms with Gasteiger partial charge >= 0.3 is 6.09 Å². The topological polar surface area (TPSA) is 202 Å². The largest absolute Gasteiger partial charge is 0.449 e. The second-order valence-electron chi connectivity index (χ2n) is 19.5. The Hall–Kier alpha value is -5.06. The molecule has 0 aromatic heterocycles. The predicted molar refractivity (Wildman–Crippen MR) is 261 cm³/mol. The number of anilines is 1. The molecule has 376 valence electrons. The number of nitrogens with two attached hydrogens (primary N) is 1. The van der Waals surface area contributed by atoms with Gasteiger partial charge in [0.25, 0.3) is 0 Å². The highest BCUT2D eigenvalue weighted by molar-refractivity contribution is 5.98. The lowest BCUT2D eigenvalue weighted by atomic mass is 9.89. The Balaban J connectivity index is 1.28. The lowest BCUT2D eigenvalue weighted by Crippen LogP contribution is -2.60. The molecule has 2 bridgehead atoms. The third-order valence-corrected chi connectivity index (χ3v) is 14.6. The van der Waals surface area contributed by atoms with Crippen molar-refractivity contribution < 1.29 is 43.0 Å². The molecular weight excluding hydrogens is 867 g/mol. The Labute approximate surface area is 404 Å². The molecule has 2 aromatic carbocycles. The lowest BCUT2D eigenvalue weighted by molar-refractivity contribution is -0.148. The summed E-state index contributed by atoms with van der Waals surface area (Å²) >= 11 is 0. The van der Waals surface area contributed by atoms with Crippen LogP contribution in [0.1, 0.15) is 110 Å². The number of carbonyl (C=O) groups is 6. The van der Waals surface area contributed by atoms with Gasteiger partial charge in [0, 0.05) is 52.5 Å². The number of carbonyl (C=O) groups excluding carboxylic acids is 6. The maximum atomic E-state index is 14.6. The van der Waals surface area contributed by atoms with Crippen LogP contribution in [0.2, 0.25) is 0 Å². The summed E-state index contributed by atoms with van der Waals surface area (Å²) < 4.78 is 17.7. The summed E-state index contributed by atoms with van der Waals surface area (Å²) in [5.74, 6) is -2.76. The van der Waals surface area contributed by atoms with Gasteiger partial charge in [-0.1, -0.05) is 96.8 Å². The van der Waals surface area contributed by atoms with Crippen molar-refractivity contribution in [2.45, 2.75) is 161 Å². The van der Waals surface area contributed by atoms with E-state index in [4.69, 9.17) is 19.9 Å². The van der Waals surface area contributed by atoms with Crippen molar-refractivity contribution in [3.8, 4) is 0 Å². The van der Waals surface area contributed by atoms with E-state index < -0.39 is 54.4 Å². The number of nitrogens with zero attached hydrogens (tertiary/aromatic N) is 3. The highest BCUT2D eigenvalue weighted by Crippen LogP contribution is 2.43. The number of fused-ring (bicyclic) bond motifs is 2. The Morgan fingerprint density at radius 1 is 0.868 bits per heavy atom. The van der Waals surface area contributed by atoms with Crippen LogP contribution in [0.15, 0.2) is 54.6 Å². The molecule has 0 radical (unpaired) electrons. The van der Waals surface area contributed by atoms with Crippen molar-refractivity contribution in [2.24, 2.45) is 29.4 Å². The van der Waals surface area contributed by atoms with Crippen LogP contribution in [0.4, 0.5) is 10.5 Å². The number of hydrogen-bond acceptors (Lipinski definition) is 10. The second-order valence-corrected chi connectivity index (χ2v) is 19.5. The first-order chi connectivity index (χ1) is 32.6. The van der Waals surface area contributed by atoms with Gasteiger partial charge in [-0.25, -0.2) is 4.79 Å². The normalized spacial score (nSPS) is 21.9. The molecule has 3 fully saturated rings. The molecule has 2 aliphatic heterocycles. The molecule has 68 heavy (non-hydrogen) atoms. The molecule has 6 amide bonds. The molecule has 3 aliphatic rings. The van der Waals surface area contributed by atoms with Crippen molar-refractivity contribution in [3.05, 3.63) is 65.7 Å². The van der Waals surface area contributed by atoms with Gasteiger partial charge in [0.15, 0.2) is 0 Å². The molecule has 16 nitrogen and oxygen atoms in total. The van der Waals surface area contributed by atoms with E-state index in [0.29, 0.717) is 44.6 Å². The Morgan fingerprint density at radius 2 is 1.57 bits per heavy atom. The molecule has 1 saturated carbocycles. The van der Waals surface area contributed by atoms with Gasteiger partial charge in [0.2, 0.25) is 29.5 Å². The van der Waals surface area contributed by atoms with Crippen molar-refractivity contribution >= 4 is 41.3 Å². The third-order valence-electron chi connectivity index (χ3n) is 14.6. The first-order valence-electron chi connectivity index (χ1n) is 24.9. The molecule has 0 spiro atoms. The van der Waals surface area contributed by atoms with E-state index in [1.165, 1.54) is 7.11 Å². The number of piperidine rings is 1. The minimum Gasteiger partial charge on any atom is -0.449 e. The van der Waals surface area contributed by atoms with Crippen LogP contribution in [0, 0.1) is 23.7 Å². The zero-order valence-electron chi connectivity index (χ0n) is 41.9. The molecule has 5 rings (SSSR count). The summed E-state index contributed by atoms with van der Waals surface area (Å²) in [5.41, 5.74) is 8.14. The summed E-state index contributed by atoms with van der Waals surface area (Å²) in [6.07, 6.45) is 4.32. The van der Waals surface area contributed by atoms with Crippen LogP contribution >= 0.6 is 0 Å². The number of nitrogens with one attached hydrogen (secondary N) is 3. The number of hydrogen-bond donors (Lipinski definition) is 4. The van der Waals surface area contributed by atoms with Crippen LogP contribution in [-0.4, -0.2) is 133 Å². The second kappa shape index (κ2) is 25.5. The van der Waals surface area contributed by atoms with Crippen molar-refractivity contribution in [1.29, 1.82) is 0 Å². The molecule has 1 aliphatic carbocycles. The summed E-state index contributed by atoms with van der Waals surface area (Å²) in [5, 5.41) is 8.98. The molecule has 2 aromatic rings. The van der Waals surface area contributed by atoms with E-state index in [1.807, 2.05) is 77.1 Å². The van der Waals surface area contributed by atoms with Gasteiger partial charge in [0.1, 0.15) is 18.1 Å². The minimum atomic E-state index is -0.907. The molecule has 3 unspecified atom stereocenters. The summed E-state index contributed by atoms with van der Waals surface area (Å²) in [6, 6.07) is 13.1. The molecule has 11 atom stereocenters. The molecule has 5 N–H and O–H groups in total. The van der Waals surface area contributed by atoms with Gasteiger partial charge in [-0.05, 0) is 79.5 Å². The van der Waals surface area contributed by atoms with Gasteiger partial charge in [-0.3, -0.25) is 28.9 Å². The maximum Gasteiger partial charge on any atom is 0.410 e. The average Bonchev–Trinajstić information content (AvgIpc) is 4.11. The molecular formula is C52H79N7O9. The monoisotopic (exact) mass is 946 g/mol. The van der Waals surface area contributed by atoms with E-state index >= 15 is 0 Å². The molecule has 2 heterocycles. The number of likely N-dealkylation sites (N-methyl/N-ethyl adjacent to an activating group) is 1. The van der Waals surface area contributed by atoms with Crippen LogP contribution in [0.25, 0.3) is 0 Å². The number of ether oxygens (including phenoxy) is 3. The first kappa shape index (κ1) is 53.9. The fourth-order valence-corrected chi connectivity index (χ4v) is 10.6. The summed E-state index contributed by atoms with van der Waals surface area (Å²) in [4.78, 5) is 89.5. The Kier molecular flexibility index (Phi) is 20.2. The van der Waals surface area contributed by atoms with E-state index in [2.05, 4.69) is 16.0 Å². The number of rotatable bonds is 24. The smallest absolute Gasteiger partial charge is 0.410 e. The van der Waals surface area contributed by atoms with Gasteiger partial charge in [-0.2, -0.15) is 0 Å². The van der Waals surface area contributed by atoms with E-state index in [0.717, 1.165) is 43.2 Å². The Morgan fingerprint density at radius 3 is 2.19 bits per heavy atom. The lowest BCUT2D eigenvalue weighted by Gasteiger charge is -2.41. The van der Waals surface area contributed by atoms with Crippen molar-refractivity contribution in [1.82, 2.24) is 25.3 Å². The number of likely N-dealkylation sites (tertiary alicyclic amines) is 2. The quantitative estimate of drug-likeness (QED) is 0.0952. The van der Waals surface area contributed by atoms with Gasteiger partial charge < -0.3 is 45.7 Å². The van der Waals surface area contributed by atoms with E-state index in [1.54, 1.807) is 47.9 Å². The zero-order chi connectivity index (χ0) is 49.7. The Bertz CT molecular complexity index is 1990. The van der Waals surface area contributed by atoms with Crippen LogP contribution in [-0.2, 0) is 51.1 Å². The average molecular weight is 946 g/mol. The predicted octanol–water partition coefficient (Wildman–Crippen LogP) is 5.66. The summed E-state index contributed by atoms with van der Waals surface area (Å²) in [6.45, 7) is 12.7. The minimum absolute atomic E-state index is 0.00494. The number of methoxy groups -OCH3 is 2. The SMILES string of the molecule is CCCCOC(=O)N1C2CCC(C2)C1C(=O)N[C@H](C(=O)N(C)[C@@H]([C@@H](C)CC)[C@@H](CC(=O)N1CCC[C@H]1[C@H](OC)[C@@H](C)C(=O)N[C@@H](Cc1ccccc1)C(=O)Nc1ccc(CN)cc1)OC)C(C)C. The fourth-order valence-electron chi connectivity index (χ4n) is 10.6. The molecule has 2 saturated heterocycles. The van der Waals surface area contributed by atoms with Crippen LogP contribution < -0.4 is 21.7 Å². The van der Waals surface area contributed by atoms with Crippen molar-refractivity contribution in [2.75, 3.05) is 39.7 Å². The zero-order valence-corrected chi connectivity index (χ0v) is 41.9. The highest BCUT2D eigenvalue weighted by atomic mass is 16.6. The van der Waals surface area contributed by atoms with Crippen LogP contribution in [0.3, 0.4) is 0 Å². The standard InChI is InChI=1S/C52H79N7O9/c1-10-12-27-68-52(65)59-39-25-22-37(29-39)46(59)50(63)56-44(32(3)4)51(64)57(7)45(33(5)11-2)42(66-8)30-43(60)58-26-16-19-41(58)47(67-9)34(6)48(61)55-40(28-35-17-14-13-15-18-35)49(62)54-38-23-20-36(31-53)21-24-38/h13-15,17-18,20-21,23-24,32-34,37,39-42,44-47H,10-12,16,19,22,25-31,53H2,1-9H3,(H,54,62)(H,55,61)(H,56,63)/t33-,34+,37?,39?,40-,41-,42+,44-,45-,46?,47+/m0/s1. The number of amides is 6. The summed E-state index contributed by atoms with van der Waals surface area (Å²) in [7, 11) is 4.78. The third kappa shape index (κ3) is 13.2. The molecule has 16 heteroatoms. The van der Waals surface area contributed by atoms with Gasteiger partial charge in [-0.15, -0.1) is 0 Å². The van der Waals surface area contributed by atoms with E-state index in [9.17, 15) is 28.8 Å². The maximum absolute atomic E-state index is 14.6. The number of unbranched alkanes of at least 4 members (excludes halogenated alkanes) is 1. The van der Waals surface area contributed by atoms with Crippen molar-refractivity contribution in [3.63, 3.8) is 0 Å².